The van der Waals surface area contributed by atoms with Crippen LogP contribution < -0.4 is 0 Å². The summed E-state index contributed by atoms with van der Waals surface area (Å²) in [5, 5.41) is 8.22. The van der Waals surface area contributed by atoms with Crippen molar-refractivity contribution >= 4 is 0 Å². The Morgan fingerprint density at radius 2 is 1.61 bits per heavy atom. The van der Waals surface area contributed by atoms with Crippen molar-refractivity contribution in [1.82, 2.24) is 10.2 Å². The van der Waals surface area contributed by atoms with Crippen molar-refractivity contribution < 1.29 is 4.42 Å². The molecule has 2 aromatic rings. The van der Waals surface area contributed by atoms with E-state index in [0.29, 0.717) is 17.7 Å². The van der Waals surface area contributed by atoms with Gasteiger partial charge in [0.25, 0.3) is 0 Å². The van der Waals surface area contributed by atoms with Crippen molar-refractivity contribution in [3.63, 3.8) is 0 Å². The molecule has 0 unspecified atom stereocenters. The molecular weight excluding hydrogens is 224 g/mol. The summed E-state index contributed by atoms with van der Waals surface area (Å²) >= 11 is 0. The molecule has 0 radical (unpaired) electrons. The van der Waals surface area contributed by atoms with Crippen LogP contribution in [-0.4, -0.2) is 10.2 Å². The monoisotopic (exact) mass is 244 g/mol. The van der Waals surface area contributed by atoms with Gasteiger partial charge >= 0.3 is 0 Å². The number of benzene rings is 1. The van der Waals surface area contributed by atoms with Crippen molar-refractivity contribution in [3.05, 3.63) is 35.7 Å². The second-order valence-corrected chi connectivity index (χ2v) is 5.94. The number of aromatic nitrogens is 2. The molecule has 2 rings (SSSR count). The molecule has 1 aromatic carbocycles. The van der Waals surface area contributed by atoms with Crippen molar-refractivity contribution in [1.29, 1.82) is 0 Å². The van der Waals surface area contributed by atoms with E-state index in [4.69, 9.17) is 4.42 Å². The van der Waals surface area contributed by atoms with Gasteiger partial charge in [-0.05, 0) is 23.6 Å². The van der Waals surface area contributed by atoms with Gasteiger partial charge in [0, 0.05) is 11.0 Å². The molecule has 96 valence electrons. The largest absolute Gasteiger partial charge is 0.420 e. The summed E-state index contributed by atoms with van der Waals surface area (Å²) in [7, 11) is 0. The van der Waals surface area contributed by atoms with E-state index in [1.54, 1.807) is 0 Å². The highest BCUT2D eigenvalue weighted by atomic mass is 16.4. The number of rotatable bonds is 2. The lowest BCUT2D eigenvalue weighted by atomic mass is 9.97. The predicted octanol–water partition coefficient (Wildman–Crippen LogP) is 4.16. The van der Waals surface area contributed by atoms with Gasteiger partial charge in [-0.15, -0.1) is 10.2 Å². The summed E-state index contributed by atoms with van der Waals surface area (Å²) in [6, 6.07) is 8.30. The van der Waals surface area contributed by atoms with Crippen LogP contribution in [-0.2, 0) is 5.41 Å². The number of hydrogen-bond donors (Lipinski definition) is 0. The minimum Gasteiger partial charge on any atom is -0.420 e. The molecule has 0 aliphatic heterocycles. The molecule has 1 aromatic heterocycles. The minimum absolute atomic E-state index is 0.108. The molecule has 0 saturated heterocycles. The van der Waals surface area contributed by atoms with Gasteiger partial charge in [-0.2, -0.15) is 0 Å². The highest BCUT2D eigenvalue weighted by molar-refractivity contribution is 5.53. The highest BCUT2D eigenvalue weighted by Gasteiger charge is 2.21. The van der Waals surface area contributed by atoms with Crippen LogP contribution in [0.3, 0.4) is 0 Å². The topological polar surface area (TPSA) is 38.9 Å². The van der Waals surface area contributed by atoms with Gasteiger partial charge in [0.05, 0.1) is 0 Å². The maximum absolute atomic E-state index is 5.71. The van der Waals surface area contributed by atoms with E-state index < -0.39 is 0 Å². The molecule has 0 N–H and O–H groups in total. The third-order valence-electron chi connectivity index (χ3n) is 2.89. The Morgan fingerprint density at radius 3 is 2.06 bits per heavy atom. The fourth-order valence-corrected chi connectivity index (χ4v) is 1.65. The van der Waals surface area contributed by atoms with E-state index in [2.05, 4.69) is 56.9 Å². The van der Waals surface area contributed by atoms with E-state index in [1.807, 2.05) is 12.1 Å². The van der Waals surface area contributed by atoms with Gasteiger partial charge in [-0.3, -0.25) is 0 Å². The summed E-state index contributed by atoms with van der Waals surface area (Å²) in [6.45, 7) is 10.5. The Morgan fingerprint density at radius 1 is 1.00 bits per heavy atom. The molecule has 3 nitrogen and oxygen atoms in total. The fourth-order valence-electron chi connectivity index (χ4n) is 1.65. The third kappa shape index (κ3) is 2.61. The van der Waals surface area contributed by atoms with Crippen molar-refractivity contribution in [3.8, 4) is 11.5 Å². The van der Waals surface area contributed by atoms with Crippen molar-refractivity contribution in [2.45, 2.75) is 46.0 Å². The van der Waals surface area contributed by atoms with Crippen LogP contribution in [0.1, 0.15) is 52.0 Å². The zero-order valence-corrected chi connectivity index (χ0v) is 11.7. The van der Waals surface area contributed by atoms with Gasteiger partial charge in [0.15, 0.2) is 0 Å². The summed E-state index contributed by atoms with van der Waals surface area (Å²) in [5.41, 5.74) is 2.18. The van der Waals surface area contributed by atoms with Crippen LogP contribution >= 0.6 is 0 Å². The first-order chi connectivity index (χ1) is 8.38. The molecular formula is C15H20N2O. The molecule has 0 spiro atoms. The van der Waals surface area contributed by atoms with Crippen LogP contribution in [0.15, 0.2) is 28.7 Å². The molecule has 0 aliphatic carbocycles. The Balaban J connectivity index is 2.29. The molecule has 0 bridgehead atoms. The van der Waals surface area contributed by atoms with E-state index in [0.717, 1.165) is 5.56 Å². The second-order valence-electron chi connectivity index (χ2n) is 5.94. The highest BCUT2D eigenvalue weighted by Crippen LogP contribution is 2.26. The van der Waals surface area contributed by atoms with E-state index in [9.17, 15) is 0 Å². The van der Waals surface area contributed by atoms with Gasteiger partial charge < -0.3 is 4.42 Å². The molecule has 3 heteroatoms. The normalized spacial score (nSPS) is 12.1. The Bertz CT molecular complexity index is 518. The van der Waals surface area contributed by atoms with Crippen LogP contribution in [0, 0.1) is 0 Å². The van der Waals surface area contributed by atoms with Crippen LogP contribution in [0.2, 0.25) is 0 Å². The molecule has 0 saturated carbocycles. The van der Waals surface area contributed by atoms with Gasteiger partial charge in [0.1, 0.15) is 0 Å². The molecule has 0 amide bonds. The van der Waals surface area contributed by atoms with Gasteiger partial charge in [0.2, 0.25) is 11.8 Å². The molecule has 0 aliphatic rings. The van der Waals surface area contributed by atoms with Crippen LogP contribution in [0.4, 0.5) is 0 Å². The summed E-state index contributed by atoms with van der Waals surface area (Å²) in [4.78, 5) is 0. The first-order valence-corrected chi connectivity index (χ1v) is 6.32. The standard InChI is InChI=1S/C15H20N2O/c1-10(2)11-6-8-12(9-7-11)13-16-17-14(18-13)15(3,4)5/h6-10H,1-5H3. The smallest absolute Gasteiger partial charge is 0.247 e. The zero-order chi connectivity index (χ0) is 13.3. The fraction of sp³-hybridized carbons (Fsp3) is 0.467. The summed E-state index contributed by atoms with van der Waals surface area (Å²) in [5.74, 6) is 1.80. The first-order valence-electron chi connectivity index (χ1n) is 6.32. The van der Waals surface area contributed by atoms with Gasteiger partial charge in [-0.1, -0.05) is 46.8 Å². The van der Waals surface area contributed by atoms with E-state index in [-0.39, 0.29) is 5.41 Å². The average molecular weight is 244 g/mol. The lowest BCUT2D eigenvalue weighted by molar-refractivity contribution is 0.399. The number of hydrogen-bond acceptors (Lipinski definition) is 3. The molecule has 0 atom stereocenters. The Hall–Kier alpha value is -1.64. The van der Waals surface area contributed by atoms with Crippen LogP contribution in [0.25, 0.3) is 11.5 Å². The molecule has 0 fully saturated rings. The summed E-state index contributed by atoms with van der Waals surface area (Å²) < 4.78 is 5.71. The minimum atomic E-state index is -0.108. The first kappa shape index (κ1) is 12.8. The Labute approximate surface area is 108 Å². The van der Waals surface area contributed by atoms with Gasteiger partial charge in [-0.25, -0.2) is 0 Å². The quantitative estimate of drug-likeness (QED) is 0.796. The summed E-state index contributed by atoms with van der Waals surface area (Å²) in [6.07, 6.45) is 0. The Kier molecular flexibility index (Phi) is 3.24. The average Bonchev–Trinajstić information content (AvgIpc) is 2.78. The zero-order valence-electron chi connectivity index (χ0n) is 11.7. The maximum Gasteiger partial charge on any atom is 0.247 e. The van der Waals surface area contributed by atoms with Crippen LogP contribution in [0.5, 0.6) is 0 Å². The van der Waals surface area contributed by atoms with E-state index >= 15 is 0 Å². The number of nitrogens with zero attached hydrogens (tertiary/aromatic N) is 2. The molecule has 1 heterocycles. The SMILES string of the molecule is CC(C)c1ccc(-c2nnc(C(C)(C)C)o2)cc1. The maximum atomic E-state index is 5.71. The van der Waals surface area contributed by atoms with Crippen molar-refractivity contribution in [2.75, 3.05) is 0 Å². The lowest BCUT2D eigenvalue weighted by Gasteiger charge is -2.11. The van der Waals surface area contributed by atoms with E-state index in [1.165, 1.54) is 5.56 Å². The second kappa shape index (κ2) is 4.56. The predicted molar refractivity (Wildman–Crippen MR) is 72.5 cm³/mol. The lowest BCUT2D eigenvalue weighted by Crippen LogP contribution is -2.11. The third-order valence-corrected chi connectivity index (χ3v) is 2.89. The molecule has 18 heavy (non-hydrogen) atoms. The van der Waals surface area contributed by atoms with Crippen molar-refractivity contribution in [2.24, 2.45) is 0 Å².